The molecule has 0 spiro atoms. The van der Waals surface area contributed by atoms with Crippen LogP contribution in [0.2, 0.25) is 0 Å². The molecule has 6 heteroatoms. The van der Waals surface area contributed by atoms with Crippen LogP contribution < -0.4 is 5.73 Å². The van der Waals surface area contributed by atoms with Gasteiger partial charge in [0.25, 0.3) is 0 Å². The third-order valence-electron chi connectivity index (χ3n) is 3.95. The molecular weight excluding hydrogens is 264 g/mol. The maximum atomic E-state index is 12.7. The van der Waals surface area contributed by atoms with Gasteiger partial charge in [-0.25, -0.2) is 8.42 Å². The second kappa shape index (κ2) is 4.47. The topological polar surface area (TPSA) is 72.6 Å². The van der Waals surface area contributed by atoms with Crippen molar-refractivity contribution in [2.24, 2.45) is 0 Å². The quantitative estimate of drug-likeness (QED) is 0.825. The van der Waals surface area contributed by atoms with Gasteiger partial charge in [0.15, 0.2) is 0 Å². The fraction of sp³-hybridized carbons (Fsp3) is 0.538. The minimum absolute atomic E-state index is 0.0508. The fourth-order valence-electron chi connectivity index (χ4n) is 2.82. The second-order valence-electron chi connectivity index (χ2n) is 5.25. The summed E-state index contributed by atoms with van der Waals surface area (Å²) < 4.78 is 32.6. The molecule has 1 aromatic carbocycles. The van der Waals surface area contributed by atoms with Gasteiger partial charge in [0.1, 0.15) is 0 Å². The van der Waals surface area contributed by atoms with E-state index in [9.17, 15) is 8.42 Å². The first kappa shape index (κ1) is 12.9. The molecule has 0 amide bonds. The van der Waals surface area contributed by atoms with E-state index in [1.54, 1.807) is 29.4 Å². The third kappa shape index (κ3) is 2.13. The van der Waals surface area contributed by atoms with Crippen molar-refractivity contribution in [3.8, 4) is 0 Å². The molecule has 1 aromatic rings. The predicted molar refractivity (Wildman–Crippen MR) is 72.2 cm³/mol. The van der Waals surface area contributed by atoms with E-state index in [0.717, 1.165) is 12.8 Å². The molecule has 0 saturated carbocycles. The van der Waals surface area contributed by atoms with Crippen molar-refractivity contribution in [1.29, 1.82) is 0 Å². The first-order valence-electron chi connectivity index (χ1n) is 6.49. The highest BCUT2D eigenvalue weighted by Gasteiger charge is 2.39. The lowest BCUT2D eigenvalue weighted by molar-refractivity contribution is -0.0114. The van der Waals surface area contributed by atoms with Crippen LogP contribution in [0.3, 0.4) is 0 Å². The Hall–Kier alpha value is -1.11. The Labute approximate surface area is 113 Å². The Morgan fingerprint density at radius 2 is 1.89 bits per heavy atom. The van der Waals surface area contributed by atoms with Crippen molar-refractivity contribution in [2.45, 2.75) is 36.9 Å². The summed E-state index contributed by atoms with van der Waals surface area (Å²) >= 11 is 0. The van der Waals surface area contributed by atoms with E-state index >= 15 is 0 Å². The summed E-state index contributed by atoms with van der Waals surface area (Å²) in [7, 11) is -3.47. The lowest BCUT2D eigenvalue weighted by Crippen LogP contribution is -2.45. The molecule has 0 radical (unpaired) electrons. The standard InChI is InChI=1S/C13H18N2O3S/c1-9-12(14)3-2-4-13(9)19(16,17)15-7-10-5-6-11(8-15)18-10/h2-4,10-11H,5-8,14H2,1H3. The molecule has 2 N–H and O–H groups in total. The van der Waals surface area contributed by atoms with Crippen molar-refractivity contribution in [1.82, 2.24) is 4.31 Å². The SMILES string of the molecule is Cc1c(N)cccc1S(=O)(=O)N1CC2CCC(C1)O2. The summed E-state index contributed by atoms with van der Waals surface area (Å²) in [5, 5.41) is 0. The minimum atomic E-state index is -3.47. The minimum Gasteiger partial charge on any atom is -0.398 e. The van der Waals surface area contributed by atoms with Crippen LogP contribution in [-0.2, 0) is 14.8 Å². The number of sulfonamides is 1. The normalized spacial score (nSPS) is 27.6. The van der Waals surface area contributed by atoms with Gasteiger partial charge in [-0.15, -0.1) is 0 Å². The highest BCUT2D eigenvalue weighted by molar-refractivity contribution is 7.89. The van der Waals surface area contributed by atoms with Gasteiger partial charge in [-0.05, 0) is 37.5 Å². The Bertz CT molecular complexity index is 588. The summed E-state index contributed by atoms with van der Waals surface area (Å²) in [5.74, 6) is 0. The largest absolute Gasteiger partial charge is 0.398 e. The molecule has 2 saturated heterocycles. The number of benzene rings is 1. The Morgan fingerprint density at radius 3 is 2.53 bits per heavy atom. The van der Waals surface area contributed by atoms with E-state index in [4.69, 9.17) is 10.5 Å². The van der Waals surface area contributed by atoms with E-state index in [1.165, 1.54) is 0 Å². The lowest BCUT2D eigenvalue weighted by Gasteiger charge is -2.31. The van der Waals surface area contributed by atoms with Crippen LogP contribution in [0.5, 0.6) is 0 Å². The van der Waals surface area contributed by atoms with Crippen LogP contribution >= 0.6 is 0 Å². The molecule has 3 rings (SSSR count). The number of hydrogen-bond acceptors (Lipinski definition) is 4. The monoisotopic (exact) mass is 282 g/mol. The van der Waals surface area contributed by atoms with Gasteiger partial charge >= 0.3 is 0 Å². The van der Waals surface area contributed by atoms with Crippen molar-refractivity contribution >= 4 is 15.7 Å². The molecule has 2 fully saturated rings. The number of anilines is 1. The summed E-state index contributed by atoms with van der Waals surface area (Å²) in [4.78, 5) is 0.314. The molecule has 19 heavy (non-hydrogen) atoms. The second-order valence-corrected chi connectivity index (χ2v) is 7.16. The smallest absolute Gasteiger partial charge is 0.243 e. The third-order valence-corrected chi connectivity index (χ3v) is 5.93. The van der Waals surface area contributed by atoms with Crippen LogP contribution in [0.15, 0.2) is 23.1 Å². The Morgan fingerprint density at radius 1 is 1.26 bits per heavy atom. The van der Waals surface area contributed by atoms with Gasteiger partial charge < -0.3 is 10.5 Å². The maximum Gasteiger partial charge on any atom is 0.243 e. The average molecular weight is 282 g/mol. The zero-order chi connectivity index (χ0) is 13.6. The Kier molecular flexibility index (Phi) is 3.03. The van der Waals surface area contributed by atoms with Crippen molar-refractivity contribution in [3.05, 3.63) is 23.8 Å². The van der Waals surface area contributed by atoms with Gasteiger partial charge in [-0.2, -0.15) is 4.31 Å². The number of hydrogen-bond donors (Lipinski definition) is 1. The summed E-state index contributed by atoms with van der Waals surface area (Å²) in [6.45, 7) is 2.65. The van der Waals surface area contributed by atoms with Gasteiger partial charge in [-0.1, -0.05) is 6.07 Å². The first-order chi connectivity index (χ1) is 8.98. The number of morpholine rings is 1. The molecule has 2 aliphatic heterocycles. The van der Waals surface area contributed by atoms with Gasteiger partial charge in [-0.3, -0.25) is 0 Å². The summed E-state index contributed by atoms with van der Waals surface area (Å²) in [6.07, 6.45) is 2.00. The van der Waals surface area contributed by atoms with Gasteiger partial charge in [0.2, 0.25) is 10.0 Å². The van der Waals surface area contributed by atoms with E-state index in [-0.39, 0.29) is 12.2 Å². The van der Waals surface area contributed by atoms with Gasteiger partial charge in [0.05, 0.1) is 17.1 Å². The summed E-state index contributed by atoms with van der Waals surface area (Å²) in [6, 6.07) is 5.03. The van der Waals surface area contributed by atoms with Crippen molar-refractivity contribution in [2.75, 3.05) is 18.8 Å². The van der Waals surface area contributed by atoms with E-state index < -0.39 is 10.0 Å². The van der Waals surface area contributed by atoms with E-state index in [1.807, 2.05) is 0 Å². The van der Waals surface area contributed by atoms with Crippen LogP contribution in [-0.4, -0.2) is 38.0 Å². The Balaban J connectivity index is 1.96. The molecule has 0 aromatic heterocycles. The molecule has 2 bridgehead atoms. The number of ether oxygens (including phenoxy) is 1. The van der Waals surface area contributed by atoms with Gasteiger partial charge in [0, 0.05) is 18.8 Å². The number of nitrogens with zero attached hydrogens (tertiary/aromatic N) is 1. The average Bonchev–Trinajstić information content (AvgIpc) is 2.71. The molecule has 2 unspecified atom stereocenters. The number of nitrogens with two attached hydrogens (primary N) is 1. The fourth-order valence-corrected chi connectivity index (χ4v) is 4.58. The molecule has 2 atom stereocenters. The molecule has 2 heterocycles. The summed E-state index contributed by atoms with van der Waals surface area (Å²) in [5.41, 5.74) is 6.94. The lowest BCUT2D eigenvalue weighted by atomic mass is 10.2. The number of rotatable bonds is 2. The molecule has 5 nitrogen and oxygen atoms in total. The van der Waals surface area contributed by atoms with Crippen molar-refractivity contribution < 1.29 is 13.2 Å². The van der Waals surface area contributed by atoms with Crippen LogP contribution in [0.25, 0.3) is 0 Å². The first-order valence-corrected chi connectivity index (χ1v) is 7.93. The predicted octanol–water partition coefficient (Wildman–Crippen LogP) is 1.13. The van der Waals surface area contributed by atoms with Crippen LogP contribution in [0.1, 0.15) is 18.4 Å². The van der Waals surface area contributed by atoms with Crippen LogP contribution in [0, 0.1) is 6.92 Å². The molecule has 0 aliphatic carbocycles. The highest BCUT2D eigenvalue weighted by Crippen LogP contribution is 2.31. The zero-order valence-electron chi connectivity index (χ0n) is 10.9. The highest BCUT2D eigenvalue weighted by atomic mass is 32.2. The zero-order valence-corrected chi connectivity index (χ0v) is 11.7. The van der Waals surface area contributed by atoms with E-state index in [0.29, 0.717) is 29.2 Å². The maximum absolute atomic E-state index is 12.7. The number of nitrogen functional groups attached to an aromatic ring is 1. The van der Waals surface area contributed by atoms with E-state index in [2.05, 4.69) is 0 Å². The van der Waals surface area contributed by atoms with Crippen molar-refractivity contribution in [3.63, 3.8) is 0 Å². The molecular formula is C13H18N2O3S. The molecule has 104 valence electrons. The van der Waals surface area contributed by atoms with Crippen LogP contribution in [0.4, 0.5) is 5.69 Å². The number of fused-ring (bicyclic) bond motifs is 2. The molecule has 2 aliphatic rings.